The maximum absolute atomic E-state index is 3.12. The molecular formula is C16H14NY-. The van der Waals surface area contributed by atoms with Crippen molar-refractivity contribution in [2.45, 2.75) is 6.92 Å². The smallest absolute Gasteiger partial charge is 0.0347 e. The van der Waals surface area contributed by atoms with Crippen LogP contribution < -0.4 is 0 Å². The van der Waals surface area contributed by atoms with E-state index in [4.69, 9.17) is 0 Å². The van der Waals surface area contributed by atoms with Gasteiger partial charge in [-0.3, -0.25) is 0 Å². The molecule has 2 heteroatoms. The van der Waals surface area contributed by atoms with Gasteiger partial charge in [0.05, 0.1) is 0 Å². The minimum absolute atomic E-state index is 0. The van der Waals surface area contributed by atoms with E-state index in [0.717, 1.165) is 0 Å². The predicted molar refractivity (Wildman–Crippen MR) is 71.9 cm³/mol. The zero-order valence-corrected chi connectivity index (χ0v) is 13.5. The summed E-state index contributed by atoms with van der Waals surface area (Å²) in [5, 5.41) is 1.24. The van der Waals surface area contributed by atoms with E-state index in [1.165, 1.54) is 27.7 Å². The Hall–Kier alpha value is -0.916. The van der Waals surface area contributed by atoms with Crippen LogP contribution in [-0.4, -0.2) is 4.57 Å². The van der Waals surface area contributed by atoms with Crippen LogP contribution in [0.4, 0.5) is 0 Å². The number of hydrogen-bond donors (Lipinski definition) is 0. The van der Waals surface area contributed by atoms with E-state index in [-0.39, 0.29) is 32.7 Å². The van der Waals surface area contributed by atoms with Crippen molar-refractivity contribution < 1.29 is 32.7 Å². The van der Waals surface area contributed by atoms with Gasteiger partial charge in [-0.1, -0.05) is 41.4 Å². The number of nitrogens with zero attached hydrogens (tertiary/aromatic N) is 1. The molecule has 0 atom stereocenters. The van der Waals surface area contributed by atoms with Crippen LogP contribution in [0, 0.1) is 13.0 Å². The summed E-state index contributed by atoms with van der Waals surface area (Å²) in [7, 11) is 2.11. The maximum atomic E-state index is 3.12. The van der Waals surface area contributed by atoms with Crippen LogP contribution >= 0.6 is 0 Å². The van der Waals surface area contributed by atoms with Crippen molar-refractivity contribution in [2.24, 2.45) is 7.05 Å². The third-order valence-electron chi connectivity index (χ3n) is 3.23. The molecule has 0 aliphatic carbocycles. The third kappa shape index (κ3) is 2.30. The number of aromatic nitrogens is 1. The SMILES string of the molecule is Cc1ccc(-c2cc3c[c-]ccc3n2C)cc1.[Y]. The summed E-state index contributed by atoms with van der Waals surface area (Å²) in [5.74, 6) is 0. The largest absolute Gasteiger partial charge is 0.368 e. The summed E-state index contributed by atoms with van der Waals surface area (Å²) >= 11 is 0. The van der Waals surface area contributed by atoms with Gasteiger partial charge in [0.2, 0.25) is 0 Å². The number of hydrogen-bond acceptors (Lipinski definition) is 0. The van der Waals surface area contributed by atoms with Crippen LogP contribution in [0.2, 0.25) is 0 Å². The Morgan fingerprint density at radius 1 is 1.06 bits per heavy atom. The molecule has 87 valence electrons. The van der Waals surface area contributed by atoms with Crippen LogP contribution in [0.1, 0.15) is 5.56 Å². The second kappa shape index (κ2) is 5.38. The fraction of sp³-hybridized carbons (Fsp3) is 0.125. The molecule has 1 nitrogen and oxygen atoms in total. The van der Waals surface area contributed by atoms with Gasteiger partial charge in [-0.05, 0) is 12.5 Å². The average molecular weight is 309 g/mol. The molecule has 0 fully saturated rings. The van der Waals surface area contributed by atoms with Crippen molar-refractivity contribution in [3.8, 4) is 11.3 Å². The van der Waals surface area contributed by atoms with Gasteiger partial charge >= 0.3 is 0 Å². The molecule has 3 aromatic rings. The molecule has 1 aromatic heterocycles. The first-order valence-corrected chi connectivity index (χ1v) is 5.78. The van der Waals surface area contributed by atoms with Crippen molar-refractivity contribution in [1.29, 1.82) is 0 Å². The molecule has 0 amide bonds. The number of fused-ring (bicyclic) bond motifs is 1. The summed E-state index contributed by atoms with van der Waals surface area (Å²) in [4.78, 5) is 0. The minimum atomic E-state index is 0. The Bertz CT molecular complexity index is 665. The van der Waals surface area contributed by atoms with Crippen molar-refractivity contribution in [3.05, 3.63) is 60.2 Å². The third-order valence-corrected chi connectivity index (χ3v) is 3.23. The average Bonchev–Trinajstić information content (AvgIpc) is 2.69. The fourth-order valence-electron chi connectivity index (χ4n) is 2.23. The van der Waals surface area contributed by atoms with Gasteiger partial charge < -0.3 is 4.57 Å². The molecule has 0 aliphatic rings. The summed E-state index contributed by atoms with van der Waals surface area (Å²) in [6.45, 7) is 2.11. The quantitative estimate of drug-likeness (QED) is 0.600. The Kier molecular flexibility index (Phi) is 4.04. The zero-order valence-electron chi connectivity index (χ0n) is 10.6. The molecule has 18 heavy (non-hydrogen) atoms. The van der Waals surface area contributed by atoms with Gasteiger partial charge in [0.15, 0.2) is 0 Å². The molecule has 0 aliphatic heterocycles. The molecular weight excluding hydrogens is 295 g/mol. The molecule has 3 rings (SSSR count). The van der Waals surface area contributed by atoms with Crippen molar-refractivity contribution in [3.63, 3.8) is 0 Å². The Morgan fingerprint density at radius 2 is 1.78 bits per heavy atom. The molecule has 1 heterocycles. The first-order valence-electron chi connectivity index (χ1n) is 5.78. The van der Waals surface area contributed by atoms with E-state index in [1.54, 1.807) is 0 Å². The summed E-state index contributed by atoms with van der Waals surface area (Å²) in [6.07, 6.45) is 0. The second-order valence-electron chi connectivity index (χ2n) is 4.44. The maximum Gasteiger partial charge on any atom is 0.0347 e. The van der Waals surface area contributed by atoms with Crippen LogP contribution in [0.25, 0.3) is 22.2 Å². The van der Waals surface area contributed by atoms with Gasteiger partial charge in [-0.2, -0.15) is 18.2 Å². The van der Waals surface area contributed by atoms with Crippen molar-refractivity contribution in [1.82, 2.24) is 4.57 Å². The summed E-state index contributed by atoms with van der Waals surface area (Å²) in [5.41, 5.74) is 5.05. The normalized spacial score (nSPS) is 10.3. The van der Waals surface area contributed by atoms with Gasteiger partial charge in [-0.15, -0.1) is 11.5 Å². The van der Waals surface area contributed by atoms with Crippen molar-refractivity contribution >= 4 is 10.9 Å². The standard InChI is InChI=1S/C16H14N.Y/c1-12-7-9-13(10-8-12)16-11-14-5-3-4-6-15(14)17(16)2;/h4-11H,1-2H3;/q-1;. The number of benzene rings is 2. The van der Waals surface area contributed by atoms with Crippen LogP contribution in [-0.2, 0) is 39.8 Å². The van der Waals surface area contributed by atoms with Crippen molar-refractivity contribution in [2.75, 3.05) is 0 Å². The first-order chi connectivity index (χ1) is 8.25. The van der Waals surface area contributed by atoms with E-state index in [1.807, 2.05) is 12.1 Å². The molecule has 0 bridgehead atoms. The van der Waals surface area contributed by atoms with E-state index < -0.39 is 0 Å². The second-order valence-corrected chi connectivity index (χ2v) is 4.44. The Morgan fingerprint density at radius 3 is 2.44 bits per heavy atom. The zero-order chi connectivity index (χ0) is 11.8. The van der Waals surface area contributed by atoms with Crippen LogP contribution in [0.15, 0.2) is 48.5 Å². The fourth-order valence-corrected chi connectivity index (χ4v) is 2.23. The van der Waals surface area contributed by atoms with E-state index >= 15 is 0 Å². The molecule has 0 unspecified atom stereocenters. The van der Waals surface area contributed by atoms with Gasteiger partial charge in [0.25, 0.3) is 0 Å². The minimum Gasteiger partial charge on any atom is -0.368 e. The van der Waals surface area contributed by atoms with Gasteiger partial charge in [0, 0.05) is 45.5 Å². The molecule has 2 aromatic carbocycles. The summed E-state index contributed by atoms with van der Waals surface area (Å²) < 4.78 is 2.23. The monoisotopic (exact) mass is 309 g/mol. The van der Waals surface area contributed by atoms with Gasteiger partial charge in [-0.25, -0.2) is 0 Å². The molecule has 0 saturated carbocycles. The van der Waals surface area contributed by atoms with Crippen LogP contribution in [0.5, 0.6) is 0 Å². The Labute approximate surface area is 133 Å². The first kappa shape index (κ1) is 13.5. The van der Waals surface area contributed by atoms with E-state index in [2.05, 4.69) is 61.0 Å². The predicted octanol–water partition coefficient (Wildman–Crippen LogP) is 3.95. The van der Waals surface area contributed by atoms with Gasteiger partial charge in [0.1, 0.15) is 0 Å². The molecule has 0 spiro atoms. The van der Waals surface area contributed by atoms with E-state index in [0.29, 0.717) is 0 Å². The number of rotatable bonds is 1. The van der Waals surface area contributed by atoms with E-state index in [9.17, 15) is 0 Å². The topological polar surface area (TPSA) is 4.93 Å². The molecule has 0 N–H and O–H groups in total. The number of aryl methyl sites for hydroxylation is 2. The molecule has 0 saturated heterocycles. The summed E-state index contributed by atoms with van der Waals surface area (Å²) in [6, 6.07) is 20.1. The Balaban J connectivity index is 0.00000120. The molecule has 1 radical (unpaired) electrons. The van der Waals surface area contributed by atoms with Crippen LogP contribution in [0.3, 0.4) is 0 Å².